The second-order valence-corrected chi connectivity index (χ2v) is 27.0. The Kier molecular flexibility index (Phi) is 17.3. The van der Waals surface area contributed by atoms with Gasteiger partial charge in [-0.3, -0.25) is 0 Å². The van der Waals surface area contributed by atoms with Gasteiger partial charge in [-0.25, -0.2) is 0 Å². The van der Waals surface area contributed by atoms with Crippen molar-refractivity contribution in [3.05, 3.63) is 411 Å². The molecule has 0 atom stereocenters. The van der Waals surface area contributed by atoms with Gasteiger partial charge in [-0.1, -0.05) is 320 Å². The molecule has 0 aliphatic heterocycles. The molecule has 0 bridgehead atoms. The third kappa shape index (κ3) is 11.9. The summed E-state index contributed by atoms with van der Waals surface area (Å²) in [6.07, 6.45) is 0. The highest BCUT2D eigenvalue weighted by molar-refractivity contribution is 6.18. The Bertz CT molecular complexity index is 6480. The first-order chi connectivity index (χ1) is 51.3. The highest BCUT2D eigenvalue weighted by Gasteiger charge is 2.21. The molecule has 4 heterocycles. The predicted octanol–water partition coefficient (Wildman–Crippen LogP) is 27.0. The minimum Gasteiger partial charge on any atom is -0.309 e. The van der Waals surface area contributed by atoms with Crippen molar-refractivity contribution in [1.82, 2.24) is 18.3 Å². The van der Waals surface area contributed by atoms with Gasteiger partial charge >= 0.3 is 0 Å². The molecule has 4 nitrogen and oxygen atoms in total. The van der Waals surface area contributed by atoms with Crippen LogP contribution < -0.4 is 0 Å². The Morgan fingerprint density at radius 1 is 0.173 bits per heavy atom. The zero-order valence-electron chi connectivity index (χ0n) is 58.7. The van der Waals surface area contributed by atoms with Crippen molar-refractivity contribution in [1.29, 1.82) is 0 Å². The van der Waals surface area contributed by atoms with Crippen molar-refractivity contribution in [2.24, 2.45) is 0 Å². The fourth-order valence-electron chi connectivity index (χ4n) is 15.6. The summed E-state index contributed by atoms with van der Waals surface area (Å²) in [5, 5.41) is 10.4. The number of benzene rings is 16. The minimum atomic E-state index is 1.19. The molecule has 0 aliphatic rings. The fourth-order valence-corrected chi connectivity index (χ4v) is 15.6. The monoisotopic (exact) mass is 1330 g/mol. The summed E-state index contributed by atoms with van der Waals surface area (Å²) in [5.74, 6) is 0. The molecule has 0 fully saturated rings. The number of aryl methyl sites for hydroxylation is 4. The second kappa shape index (κ2) is 28.0. The number of nitrogens with zero attached hydrogens (tertiary/aromatic N) is 4. The van der Waals surface area contributed by atoms with Gasteiger partial charge in [-0.05, 0) is 152 Å². The van der Waals surface area contributed by atoms with E-state index in [1.54, 1.807) is 0 Å². The van der Waals surface area contributed by atoms with Crippen LogP contribution in [0.25, 0.3) is 154 Å². The van der Waals surface area contributed by atoms with E-state index in [4.69, 9.17) is 0 Å². The van der Waals surface area contributed by atoms with E-state index >= 15 is 0 Å². The number of rotatable bonds is 8. The van der Waals surface area contributed by atoms with Gasteiger partial charge in [0.05, 0.1) is 44.1 Å². The van der Waals surface area contributed by atoms with Crippen molar-refractivity contribution >= 4 is 87.2 Å². The van der Waals surface area contributed by atoms with Crippen LogP contribution in [0.3, 0.4) is 0 Å². The van der Waals surface area contributed by atoms with Crippen molar-refractivity contribution < 1.29 is 0 Å². The van der Waals surface area contributed by atoms with E-state index in [1.807, 2.05) is 0 Å². The van der Waals surface area contributed by atoms with E-state index in [0.29, 0.717) is 0 Å². The standard InChI is InChI=1S/4C25H19N/c1-18-9-7-10-19(17-18)21-14-8-15-23-22-13-5-6-16-24(22)26(25(21)23)20-11-3-2-4-12-20;1-18-9-7-10-19(17-18)21-14-8-16-24-25(21)22-13-5-6-15-23(22)26(24)20-11-3-2-4-12-20;1-18-10-5-6-13-20(18)21-15-9-17-24-25(21)22-14-7-8-16-23(22)26(24)19-11-3-2-4-12-19;1-18-14-16-19(17-15-18)21-11-7-12-23-22-10-5-6-13-24(22)26(25(21)23)20-8-3-2-4-9-20/h4*2-17H,1H3. The average molecular weight is 1330 g/mol. The summed E-state index contributed by atoms with van der Waals surface area (Å²) in [7, 11) is 0. The first-order valence-electron chi connectivity index (χ1n) is 35.9. The maximum Gasteiger partial charge on any atom is 0.0619 e. The van der Waals surface area contributed by atoms with Gasteiger partial charge in [0.15, 0.2) is 0 Å². The number of hydrogen-bond acceptors (Lipinski definition) is 0. The van der Waals surface area contributed by atoms with E-state index in [1.165, 1.54) is 177 Å². The van der Waals surface area contributed by atoms with E-state index in [-0.39, 0.29) is 0 Å². The maximum atomic E-state index is 2.39. The van der Waals surface area contributed by atoms with Gasteiger partial charge in [-0.2, -0.15) is 0 Å². The lowest BCUT2D eigenvalue weighted by molar-refractivity contribution is 1.18. The molecular weight excluding hydrogens is 1260 g/mol. The molecule has 4 heteroatoms. The van der Waals surface area contributed by atoms with Gasteiger partial charge in [0.25, 0.3) is 0 Å². The molecule has 0 amide bonds. The molecule has 0 unspecified atom stereocenters. The van der Waals surface area contributed by atoms with Crippen LogP contribution in [0.5, 0.6) is 0 Å². The Balaban J connectivity index is 0.000000103. The van der Waals surface area contributed by atoms with Gasteiger partial charge in [0, 0.05) is 77.0 Å². The molecule has 0 spiro atoms. The van der Waals surface area contributed by atoms with E-state index < -0.39 is 0 Å². The summed E-state index contributed by atoms with van der Waals surface area (Å²) >= 11 is 0. The Hall–Kier alpha value is -13.3. The molecule has 0 aliphatic carbocycles. The van der Waals surface area contributed by atoms with Crippen molar-refractivity contribution in [2.75, 3.05) is 0 Å². The number of aromatic nitrogens is 4. The lowest BCUT2D eigenvalue weighted by atomic mass is 9.96. The van der Waals surface area contributed by atoms with Crippen LogP contribution in [0.2, 0.25) is 0 Å². The summed E-state index contributed by atoms with van der Waals surface area (Å²) in [6.45, 7) is 8.61. The number of para-hydroxylation sites is 10. The molecule has 0 saturated heterocycles. The van der Waals surface area contributed by atoms with Crippen LogP contribution >= 0.6 is 0 Å². The molecule has 4 aromatic heterocycles. The Labute approximate surface area is 607 Å². The smallest absolute Gasteiger partial charge is 0.0619 e. The molecule has 20 rings (SSSR count). The van der Waals surface area contributed by atoms with Crippen molar-refractivity contribution in [3.8, 4) is 67.3 Å². The van der Waals surface area contributed by atoms with Crippen LogP contribution in [-0.4, -0.2) is 18.3 Å². The molecule has 496 valence electrons. The third-order valence-electron chi connectivity index (χ3n) is 20.3. The summed E-state index contributed by atoms with van der Waals surface area (Å²) in [4.78, 5) is 0. The Morgan fingerprint density at radius 3 is 0.933 bits per heavy atom. The van der Waals surface area contributed by atoms with Crippen LogP contribution in [-0.2, 0) is 0 Å². The molecule has 0 saturated carbocycles. The van der Waals surface area contributed by atoms with Crippen LogP contribution in [0.4, 0.5) is 0 Å². The topological polar surface area (TPSA) is 19.7 Å². The molecule has 0 N–H and O–H groups in total. The quantitative estimate of drug-likeness (QED) is 0.144. The molecule has 20 aromatic rings. The van der Waals surface area contributed by atoms with Crippen LogP contribution in [0.1, 0.15) is 22.3 Å². The van der Waals surface area contributed by atoms with Gasteiger partial charge in [-0.15, -0.1) is 0 Å². The first-order valence-corrected chi connectivity index (χ1v) is 35.9. The molecule has 0 radical (unpaired) electrons. The van der Waals surface area contributed by atoms with Crippen molar-refractivity contribution in [3.63, 3.8) is 0 Å². The lowest BCUT2D eigenvalue weighted by Gasteiger charge is -2.12. The van der Waals surface area contributed by atoms with Gasteiger partial charge < -0.3 is 18.3 Å². The van der Waals surface area contributed by atoms with Crippen LogP contribution in [0.15, 0.2) is 388 Å². The number of hydrogen-bond donors (Lipinski definition) is 0. The van der Waals surface area contributed by atoms with Gasteiger partial charge in [0.1, 0.15) is 0 Å². The predicted molar refractivity (Wildman–Crippen MR) is 444 cm³/mol. The second-order valence-electron chi connectivity index (χ2n) is 27.0. The lowest BCUT2D eigenvalue weighted by Crippen LogP contribution is -1.95. The average Bonchev–Trinajstić information content (AvgIpc) is 1.61. The fraction of sp³-hybridized carbons (Fsp3) is 0.0400. The van der Waals surface area contributed by atoms with Gasteiger partial charge in [0.2, 0.25) is 0 Å². The van der Waals surface area contributed by atoms with E-state index in [0.717, 1.165) is 0 Å². The largest absolute Gasteiger partial charge is 0.309 e. The normalized spacial score (nSPS) is 11.3. The highest BCUT2D eigenvalue weighted by atomic mass is 15.0. The minimum absolute atomic E-state index is 1.19. The van der Waals surface area contributed by atoms with Crippen LogP contribution in [0, 0.1) is 27.7 Å². The first kappa shape index (κ1) is 64.1. The highest BCUT2D eigenvalue weighted by Crippen LogP contribution is 2.44. The zero-order valence-corrected chi connectivity index (χ0v) is 58.7. The third-order valence-corrected chi connectivity index (χ3v) is 20.3. The zero-order chi connectivity index (χ0) is 70.0. The van der Waals surface area contributed by atoms with Crippen molar-refractivity contribution in [2.45, 2.75) is 27.7 Å². The maximum absolute atomic E-state index is 2.39. The number of fused-ring (bicyclic) bond motifs is 12. The molecule has 104 heavy (non-hydrogen) atoms. The SMILES string of the molecule is Cc1ccc(-c2cccc3c4ccccc4n(-c4ccccc4)c23)cc1.Cc1cccc(-c2cccc3c2c2ccccc2n3-c2ccccc2)c1.Cc1cccc(-c2cccc3c4ccccc4n(-c4ccccc4)c23)c1.Cc1ccccc1-c1cccc2c1c1ccccc1n2-c1ccccc1. The Morgan fingerprint density at radius 2 is 0.481 bits per heavy atom. The molecular formula is C100H76N4. The van der Waals surface area contributed by atoms with E-state index in [2.05, 4.69) is 434 Å². The summed E-state index contributed by atoms with van der Waals surface area (Å²) < 4.78 is 9.51. The molecule has 16 aromatic carbocycles. The summed E-state index contributed by atoms with van der Waals surface area (Å²) in [6, 6.07) is 139. The summed E-state index contributed by atoms with van der Waals surface area (Å²) in [5.41, 5.74) is 30.1. The van der Waals surface area contributed by atoms with E-state index in [9.17, 15) is 0 Å².